The number of aryl methyl sites for hydroxylation is 1. The average Bonchev–Trinajstić information content (AvgIpc) is 3.42. The van der Waals surface area contributed by atoms with Crippen molar-refractivity contribution >= 4 is 17.2 Å². The summed E-state index contributed by atoms with van der Waals surface area (Å²) in [5.74, 6) is 0.639. The molecule has 0 aliphatic carbocycles. The summed E-state index contributed by atoms with van der Waals surface area (Å²) in [5, 5.41) is 7.28. The van der Waals surface area contributed by atoms with Gasteiger partial charge in [-0.25, -0.2) is 15.0 Å². The second kappa shape index (κ2) is 7.98. The van der Waals surface area contributed by atoms with Gasteiger partial charge in [0.2, 0.25) is 11.9 Å². The van der Waals surface area contributed by atoms with E-state index < -0.39 is 0 Å². The van der Waals surface area contributed by atoms with Crippen molar-refractivity contribution in [3.63, 3.8) is 0 Å². The lowest BCUT2D eigenvalue weighted by Crippen LogP contribution is -2.42. The summed E-state index contributed by atoms with van der Waals surface area (Å²) in [7, 11) is 0. The zero-order valence-corrected chi connectivity index (χ0v) is 16.0. The van der Waals surface area contributed by atoms with Crippen molar-refractivity contribution in [1.82, 2.24) is 29.7 Å². The smallest absolute Gasteiger partial charge is 0.237 e. The van der Waals surface area contributed by atoms with Crippen LogP contribution < -0.4 is 5.32 Å². The highest BCUT2D eigenvalue weighted by atomic mass is 32.1. The zero-order chi connectivity index (χ0) is 18.6. The molecule has 7 nitrogen and oxygen atoms in total. The van der Waals surface area contributed by atoms with Crippen LogP contribution in [-0.2, 0) is 17.9 Å². The molecule has 0 spiro atoms. The maximum atomic E-state index is 12.7. The van der Waals surface area contributed by atoms with Crippen molar-refractivity contribution in [3.05, 3.63) is 58.6 Å². The normalized spacial score (nSPS) is 17.3. The van der Waals surface area contributed by atoms with Gasteiger partial charge in [0.05, 0.1) is 18.3 Å². The lowest BCUT2D eigenvalue weighted by Gasteiger charge is -2.23. The lowest BCUT2D eigenvalue weighted by atomic mass is 10.2. The number of amides is 1. The van der Waals surface area contributed by atoms with Gasteiger partial charge in [-0.1, -0.05) is 0 Å². The molecule has 0 radical (unpaired) electrons. The molecule has 0 bridgehead atoms. The van der Waals surface area contributed by atoms with Crippen molar-refractivity contribution in [2.75, 3.05) is 6.54 Å². The third-order valence-electron chi connectivity index (χ3n) is 4.71. The van der Waals surface area contributed by atoms with Crippen molar-refractivity contribution in [2.45, 2.75) is 38.9 Å². The van der Waals surface area contributed by atoms with E-state index in [1.807, 2.05) is 13.0 Å². The van der Waals surface area contributed by atoms with Crippen LogP contribution in [0.2, 0.25) is 0 Å². The van der Waals surface area contributed by atoms with Crippen molar-refractivity contribution < 1.29 is 4.79 Å². The van der Waals surface area contributed by atoms with Gasteiger partial charge < -0.3 is 5.32 Å². The molecular weight excluding hydrogens is 360 g/mol. The van der Waals surface area contributed by atoms with Crippen LogP contribution in [0.25, 0.3) is 5.95 Å². The van der Waals surface area contributed by atoms with E-state index in [0.29, 0.717) is 12.5 Å². The van der Waals surface area contributed by atoms with Crippen molar-refractivity contribution in [3.8, 4) is 5.95 Å². The summed E-state index contributed by atoms with van der Waals surface area (Å²) >= 11 is 1.69. The molecule has 4 rings (SSSR count). The first-order valence-corrected chi connectivity index (χ1v) is 9.99. The summed E-state index contributed by atoms with van der Waals surface area (Å²) in [6.07, 6.45) is 7.12. The SMILES string of the molecule is Cc1cc(CNC(=O)C2CCCN2Cc2ccsc2)nc(-n2ccnc2)n1. The highest BCUT2D eigenvalue weighted by Gasteiger charge is 2.30. The number of hydrogen-bond acceptors (Lipinski definition) is 6. The largest absolute Gasteiger partial charge is 0.349 e. The van der Waals surface area contributed by atoms with Gasteiger partial charge in [0.15, 0.2) is 0 Å². The molecular formula is C19H22N6OS. The fourth-order valence-electron chi connectivity index (χ4n) is 3.43. The predicted octanol–water partition coefficient (Wildman–Crippen LogP) is 2.31. The quantitative estimate of drug-likeness (QED) is 0.708. The molecule has 3 aromatic heterocycles. The first kappa shape index (κ1) is 17.8. The maximum Gasteiger partial charge on any atom is 0.237 e. The Labute approximate surface area is 162 Å². The number of carbonyl (C=O) groups excluding carboxylic acids is 1. The summed E-state index contributed by atoms with van der Waals surface area (Å²) in [5.41, 5.74) is 2.93. The number of hydrogen-bond donors (Lipinski definition) is 1. The molecule has 8 heteroatoms. The number of rotatable bonds is 6. The van der Waals surface area contributed by atoms with Gasteiger partial charge in [0.1, 0.15) is 6.33 Å². The van der Waals surface area contributed by atoms with E-state index in [-0.39, 0.29) is 11.9 Å². The predicted molar refractivity (Wildman–Crippen MR) is 103 cm³/mol. The van der Waals surface area contributed by atoms with Gasteiger partial charge in [-0.2, -0.15) is 11.3 Å². The van der Waals surface area contributed by atoms with E-state index in [1.54, 1.807) is 34.6 Å². The molecule has 1 aliphatic rings. The van der Waals surface area contributed by atoms with Gasteiger partial charge in [0, 0.05) is 24.6 Å². The van der Waals surface area contributed by atoms with E-state index in [2.05, 4.69) is 42.0 Å². The molecule has 1 aliphatic heterocycles. The number of likely N-dealkylation sites (tertiary alicyclic amines) is 1. The molecule has 0 saturated carbocycles. The Morgan fingerprint density at radius 2 is 2.33 bits per heavy atom. The van der Waals surface area contributed by atoms with Gasteiger partial charge in [0.25, 0.3) is 0 Å². The maximum absolute atomic E-state index is 12.7. The van der Waals surface area contributed by atoms with Gasteiger partial charge >= 0.3 is 0 Å². The fourth-order valence-corrected chi connectivity index (χ4v) is 4.09. The number of nitrogens with zero attached hydrogens (tertiary/aromatic N) is 5. The molecule has 0 aromatic carbocycles. The number of imidazole rings is 1. The second-order valence-electron chi connectivity index (χ2n) is 6.75. The molecule has 3 aromatic rings. The molecule has 140 valence electrons. The minimum Gasteiger partial charge on any atom is -0.349 e. The van der Waals surface area contributed by atoms with Crippen LogP contribution in [0.3, 0.4) is 0 Å². The van der Waals surface area contributed by atoms with E-state index in [0.717, 1.165) is 37.3 Å². The summed E-state index contributed by atoms with van der Waals surface area (Å²) in [6, 6.07) is 3.96. The Morgan fingerprint density at radius 3 is 3.11 bits per heavy atom. The minimum atomic E-state index is -0.0686. The van der Waals surface area contributed by atoms with Crippen LogP contribution in [0.5, 0.6) is 0 Å². The number of thiophene rings is 1. The molecule has 1 fully saturated rings. The third kappa shape index (κ3) is 4.23. The Hall–Kier alpha value is -2.58. The topological polar surface area (TPSA) is 75.9 Å². The monoisotopic (exact) mass is 382 g/mol. The van der Waals surface area contributed by atoms with Crippen LogP contribution in [0, 0.1) is 6.92 Å². The van der Waals surface area contributed by atoms with E-state index >= 15 is 0 Å². The molecule has 1 atom stereocenters. The first-order chi connectivity index (χ1) is 13.2. The van der Waals surface area contributed by atoms with Crippen molar-refractivity contribution in [1.29, 1.82) is 0 Å². The first-order valence-electron chi connectivity index (χ1n) is 9.05. The van der Waals surface area contributed by atoms with Crippen LogP contribution in [0.1, 0.15) is 29.8 Å². The fraction of sp³-hybridized carbons (Fsp3) is 0.368. The zero-order valence-electron chi connectivity index (χ0n) is 15.2. The summed E-state index contributed by atoms with van der Waals surface area (Å²) in [6.45, 7) is 4.12. The molecule has 1 unspecified atom stereocenters. The Balaban J connectivity index is 1.40. The van der Waals surface area contributed by atoms with Gasteiger partial charge in [-0.3, -0.25) is 14.3 Å². The van der Waals surface area contributed by atoms with Gasteiger partial charge in [-0.15, -0.1) is 0 Å². The Morgan fingerprint density at radius 1 is 1.41 bits per heavy atom. The highest BCUT2D eigenvalue weighted by Crippen LogP contribution is 2.21. The Bertz CT molecular complexity index is 893. The molecule has 1 N–H and O–H groups in total. The molecule has 27 heavy (non-hydrogen) atoms. The van der Waals surface area contributed by atoms with Crippen molar-refractivity contribution in [2.24, 2.45) is 0 Å². The van der Waals surface area contributed by atoms with E-state index in [4.69, 9.17) is 0 Å². The van der Waals surface area contributed by atoms with E-state index in [1.165, 1.54) is 5.56 Å². The second-order valence-corrected chi connectivity index (χ2v) is 7.53. The summed E-state index contributed by atoms with van der Waals surface area (Å²) < 4.78 is 1.76. The molecule has 1 amide bonds. The number of carbonyl (C=O) groups is 1. The Kier molecular flexibility index (Phi) is 5.26. The van der Waals surface area contributed by atoms with E-state index in [9.17, 15) is 4.79 Å². The van der Waals surface area contributed by atoms with Crippen LogP contribution in [0.15, 0.2) is 41.6 Å². The highest BCUT2D eigenvalue weighted by molar-refractivity contribution is 7.07. The minimum absolute atomic E-state index is 0.0686. The average molecular weight is 382 g/mol. The number of aromatic nitrogens is 4. The summed E-state index contributed by atoms with van der Waals surface area (Å²) in [4.78, 5) is 28.0. The molecule has 1 saturated heterocycles. The van der Waals surface area contributed by atoms with Crippen LogP contribution in [0.4, 0.5) is 0 Å². The number of nitrogens with one attached hydrogen (secondary N) is 1. The van der Waals surface area contributed by atoms with Gasteiger partial charge in [-0.05, 0) is 54.8 Å². The van der Waals surface area contributed by atoms with Crippen LogP contribution >= 0.6 is 11.3 Å². The van der Waals surface area contributed by atoms with Crippen LogP contribution in [-0.4, -0.2) is 42.9 Å². The standard InChI is InChI=1S/C19H22N6OS/c1-14-9-16(23-19(22-14)25-7-5-20-13-25)10-21-18(26)17-3-2-6-24(17)11-15-4-8-27-12-15/h4-5,7-9,12-13,17H,2-3,6,10-11H2,1H3,(H,21,26). The third-order valence-corrected chi connectivity index (χ3v) is 5.44. The molecule has 4 heterocycles. The lowest BCUT2D eigenvalue weighted by molar-refractivity contribution is -0.125.